The zero-order valence-corrected chi connectivity index (χ0v) is 16.1. The number of aromatic nitrogens is 4. The molecule has 0 radical (unpaired) electrons. The summed E-state index contributed by atoms with van der Waals surface area (Å²) in [5, 5.41) is 19.5. The van der Waals surface area contributed by atoms with Crippen LogP contribution in [0.3, 0.4) is 0 Å². The van der Waals surface area contributed by atoms with E-state index < -0.39 is 0 Å². The standard InChI is InChI=1S/C24H16N6/c25-13-12-22-27-18-8-1-3-10-20(18)29(22)24-16-7-5-6-15(16)17(14-26)23-28-19-9-2-4-11-21(19)30(23)24/h1-4,8-11H,5-7,12H2. The summed E-state index contributed by atoms with van der Waals surface area (Å²) < 4.78 is 4.19. The molecule has 0 saturated carbocycles. The first-order valence-electron chi connectivity index (χ1n) is 10.0. The Labute approximate surface area is 172 Å². The van der Waals surface area contributed by atoms with Crippen molar-refractivity contribution in [3.8, 4) is 18.0 Å². The molecule has 0 atom stereocenters. The van der Waals surface area contributed by atoms with E-state index in [0.29, 0.717) is 17.0 Å². The van der Waals surface area contributed by atoms with Gasteiger partial charge in [0.1, 0.15) is 17.7 Å². The van der Waals surface area contributed by atoms with E-state index in [2.05, 4.69) is 21.1 Å². The molecule has 0 fully saturated rings. The first-order chi connectivity index (χ1) is 14.8. The van der Waals surface area contributed by atoms with Crippen molar-refractivity contribution in [2.45, 2.75) is 25.7 Å². The summed E-state index contributed by atoms with van der Waals surface area (Å²) in [5.41, 5.74) is 7.20. The van der Waals surface area contributed by atoms with Crippen molar-refractivity contribution >= 4 is 27.7 Å². The maximum absolute atomic E-state index is 9.99. The van der Waals surface area contributed by atoms with Gasteiger partial charge in [-0.2, -0.15) is 10.5 Å². The minimum absolute atomic E-state index is 0.206. The van der Waals surface area contributed by atoms with Crippen molar-refractivity contribution in [1.82, 2.24) is 18.9 Å². The SMILES string of the molecule is N#CCc1nc2ccccc2n1-c1c2c(c(C#N)c3nc4ccccc4n13)CCC2. The van der Waals surface area contributed by atoms with Crippen LogP contribution in [0.2, 0.25) is 0 Å². The Bertz CT molecular complexity index is 1570. The molecule has 142 valence electrons. The van der Waals surface area contributed by atoms with Gasteiger partial charge in [0, 0.05) is 0 Å². The zero-order valence-electron chi connectivity index (χ0n) is 16.1. The Hall–Kier alpha value is -4.16. The fourth-order valence-corrected chi connectivity index (χ4v) is 4.80. The minimum atomic E-state index is 0.206. The van der Waals surface area contributed by atoms with Gasteiger partial charge in [0.2, 0.25) is 0 Å². The van der Waals surface area contributed by atoms with E-state index in [1.165, 1.54) is 0 Å². The summed E-state index contributed by atoms with van der Waals surface area (Å²) in [6, 6.07) is 20.6. The fourth-order valence-electron chi connectivity index (χ4n) is 4.80. The number of nitriles is 2. The molecule has 1 aliphatic rings. The third-order valence-electron chi connectivity index (χ3n) is 5.98. The highest BCUT2D eigenvalue weighted by Gasteiger charge is 2.28. The minimum Gasteiger partial charge on any atom is -0.280 e. The first kappa shape index (κ1) is 16.8. The molecule has 6 nitrogen and oxygen atoms in total. The van der Waals surface area contributed by atoms with Gasteiger partial charge in [-0.3, -0.25) is 8.97 Å². The maximum Gasteiger partial charge on any atom is 0.157 e. The highest BCUT2D eigenvalue weighted by atomic mass is 15.2. The van der Waals surface area contributed by atoms with Gasteiger partial charge in [-0.15, -0.1) is 0 Å². The van der Waals surface area contributed by atoms with Gasteiger partial charge in [-0.25, -0.2) is 9.97 Å². The van der Waals surface area contributed by atoms with Crippen molar-refractivity contribution in [3.05, 3.63) is 71.0 Å². The van der Waals surface area contributed by atoms with Gasteiger partial charge in [0.05, 0.1) is 40.1 Å². The number of pyridine rings is 1. The highest BCUT2D eigenvalue weighted by Crippen LogP contribution is 2.37. The summed E-state index contributed by atoms with van der Waals surface area (Å²) in [6.07, 6.45) is 2.96. The normalized spacial score (nSPS) is 13.0. The molecule has 0 aliphatic heterocycles. The molecule has 3 heterocycles. The number of hydrogen-bond donors (Lipinski definition) is 0. The third-order valence-corrected chi connectivity index (χ3v) is 5.98. The van der Waals surface area contributed by atoms with Crippen LogP contribution < -0.4 is 0 Å². The van der Waals surface area contributed by atoms with Gasteiger partial charge < -0.3 is 0 Å². The van der Waals surface area contributed by atoms with Crippen LogP contribution in [0.1, 0.15) is 28.9 Å². The van der Waals surface area contributed by atoms with Crippen molar-refractivity contribution in [3.63, 3.8) is 0 Å². The molecule has 0 saturated heterocycles. The second-order valence-corrected chi connectivity index (χ2v) is 7.57. The summed E-state index contributed by atoms with van der Waals surface area (Å²) in [5.74, 6) is 1.67. The van der Waals surface area contributed by atoms with Gasteiger partial charge in [-0.05, 0) is 54.7 Å². The lowest BCUT2D eigenvalue weighted by Gasteiger charge is -2.17. The van der Waals surface area contributed by atoms with E-state index in [-0.39, 0.29) is 6.42 Å². The molecule has 1 aliphatic carbocycles. The van der Waals surface area contributed by atoms with Crippen LogP contribution in [-0.4, -0.2) is 18.9 Å². The molecule has 0 amide bonds. The summed E-state index contributed by atoms with van der Waals surface area (Å²) in [4.78, 5) is 9.59. The van der Waals surface area contributed by atoms with E-state index >= 15 is 0 Å². The number of fused-ring (bicyclic) bond motifs is 5. The second-order valence-electron chi connectivity index (χ2n) is 7.57. The lowest BCUT2D eigenvalue weighted by atomic mass is 10.1. The summed E-state index contributed by atoms with van der Waals surface area (Å²) >= 11 is 0. The van der Waals surface area contributed by atoms with Gasteiger partial charge in [-0.1, -0.05) is 24.3 Å². The molecular formula is C24H16N6. The molecule has 3 aromatic heterocycles. The van der Waals surface area contributed by atoms with E-state index in [9.17, 15) is 10.5 Å². The average molecular weight is 388 g/mol. The second kappa shape index (κ2) is 6.17. The topological polar surface area (TPSA) is 82.7 Å². The highest BCUT2D eigenvalue weighted by molar-refractivity contribution is 5.87. The maximum atomic E-state index is 9.99. The van der Waals surface area contributed by atoms with Crippen LogP contribution in [0.15, 0.2) is 48.5 Å². The fraction of sp³-hybridized carbons (Fsp3) is 0.167. The van der Waals surface area contributed by atoms with Gasteiger partial charge in [0.15, 0.2) is 5.65 Å². The predicted molar refractivity (Wildman–Crippen MR) is 113 cm³/mol. The van der Waals surface area contributed by atoms with E-state index in [0.717, 1.165) is 58.3 Å². The largest absolute Gasteiger partial charge is 0.280 e. The molecule has 2 aromatic carbocycles. The molecule has 0 spiro atoms. The van der Waals surface area contributed by atoms with E-state index in [4.69, 9.17) is 9.97 Å². The van der Waals surface area contributed by atoms with E-state index in [1.54, 1.807) is 0 Å². The predicted octanol–water partition coefficient (Wildman–Crippen LogP) is 4.25. The van der Waals surface area contributed by atoms with Crippen LogP contribution in [0.5, 0.6) is 0 Å². The molecule has 30 heavy (non-hydrogen) atoms. The van der Waals surface area contributed by atoms with Crippen LogP contribution in [0.4, 0.5) is 0 Å². The average Bonchev–Trinajstić information content (AvgIpc) is 3.48. The Balaban J connectivity index is 1.89. The summed E-state index contributed by atoms with van der Waals surface area (Å²) in [7, 11) is 0. The lowest BCUT2D eigenvalue weighted by Crippen LogP contribution is -2.12. The smallest absolute Gasteiger partial charge is 0.157 e. The Morgan fingerprint density at radius 1 is 0.867 bits per heavy atom. The molecule has 0 unspecified atom stereocenters. The van der Waals surface area contributed by atoms with E-state index in [1.807, 2.05) is 48.5 Å². The van der Waals surface area contributed by atoms with Crippen molar-refractivity contribution in [1.29, 1.82) is 10.5 Å². The zero-order chi connectivity index (χ0) is 20.2. The number of benzene rings is 2. The van der Waals surface area contributed by atoms with Crippen LogP contribution in [-0.2, 0) is 19.3 Å². The van der Waals surface area contributed by atoms with Gasteiger partial charge in [0.25, 0.3) is 0 Å². The number of nitrogens with zero attached hydrogens (tertiary/aromatic N) is 6. The van der Waals surface area contributed by atoms with Crippen LogP contribution in [0, 0.1) is 22.7 Å². The lowest BCUT2D eigenvalue weighted by molar-refractivity contribution is 0.873. The molecular weight excluding hydrogens is 372 g/mol. The molecule has 6 rings (SSSR count). The Kier molecular flexibility index (Phi) is 3.45. The first-order valence-corrected chi connectivity index (χ1v) is 10.0. The van der Waals surface area contributed by atoms with Crippen molar-refractivity contribution in [2.75, 3.05) is 0 Å². The number of para-hydroxylation sites is 4. The van der Waals surface area contributed by atoms with Crippen molar-refractivity contribution in [2.24, 2.45) is 0 Å². The third kappa shape index (κ3) is 2.11. The molecule has 5 aromatic rings. The van der Waals surface area contributed by atoms with Crippen LogP contribution in [0.25, 0.3) is 33.5 Å². The van der Waals surface area contributed by atoms with Gasteiger partial charge >= 0.3 is 0 Å². The Morgan fingerprint density at radius 3 is 2.33 bits per heavy atom. The Morgan fingerprint density at radius 2 is 1.57 bits per heavy atom. The summed E-state index contributed by atoms with van der Waals surface area (Å²) in [6.45, 7) is 0. The molecule has 6 heteroatoms. The number of rotatable bonds is 2. The van der Waals surface area contributed by atoms with Crippen LogP contribution >= 0.6 is 0 Å². The van der Waals surface area contributed by atoms with Crippen molar-refractivity contribution < 1.29 is 0 Å². The molecule has 0 N–H and O–H groups in total. The quantitative estimate of drug-likeness (QED) is 0.452. The molecule has 0 bridgehead atoms. The number of imidazole rings is 2. The monoisotopic (exact) mass is 388 g/mol. The number of hydrogen-bond acceptors (Lipinski definition) is 4.